The van der Waals surface area contributed by atoms with E-state index in [2.05, 4.69) is 21.2 Å². The molecule has 0 aliphatic carbocycles. The minimum atomic E-state index is -1.19. The summed E-state index contributed by atoms with van der Waals surface area (Å²) in [4.78, 5) is 24.7. The molecule has 5 rings (SSSR count). The third-order valence-corrected chi connectivity index (χ3v) is 7.89. The van der Waals surface area contributed by atoms with Gasteiger partial charge in [-0.2, -0.15) is 5.10 Å². The van der Waals surface area contributed by atoms with Crippen LogP contribution in [0.3, 0.4) is 0 Å². The van der Waals surface area contributed by atoms with Gasteiger partial charge in [0.1, 0.15) is 13.2 Å². The Morgan fingerprint density at radius 3 is 2.59 bits per heavy atom. The average Bonchev–Trinajstić information content (AvgIpc) is 3.10. The van der Waals surface area contributed by atoms with E-state index < -0.39 is 24.3 Å². The molecule has 0 fully saturated rings. The molecule has 0 bridgehead atoms. The van der Waals surface area contributed by atoms with Gasteiger partial charge in [-0.05, 0) is 65.6 Å². The van der Waals surface area contributed by atoms with Crippen LogP contribution >= 0.6 is 11.6 Å². The van der Waals surface area contributed by atoms with Crippen molar-refractivity contribution in [1.82, 2.24) is 16.1 Å². The Hall–Kier alpha value is -5.46. The summed E-state index contributed by atoms with van der Waals surface area (Å²) in [6.45, 7) is 3.87. The number of hydrazone groups is 1. The van der Waals surface area contributed by atoms with Crippen LogP contribution < -0.4 is 35.0 Å². The number of ether oxygens (including phenoxy) is 5. The molecule has 0 saturated carbocycles. The van der Waals surface area contributed by atoms with E-state index in [1.165, 1.54) is 20.4 Å². The third kappa shape index (κ3) is 8.34. The van der Waals surface area contributed by atoms with E-state index in [1.807, 2.05) is 49.4 Å². The first-order valence-corrected chi connectivity index (χ1v) is 15.8. The quantitative estimate of drug-likeness (QED) is 0.0575. The fourth-order valence-electron chi connectivity index (χ4n) is 5.34. The summed E-state index contributed by atoms with van der Waals surface area (Å²) in [6.07, 6.45) is 0.292. The molecule has 0 saturated heterocycles. The molecule has 49 heavy (non-hydrogen) atoms. The number of urea groups is 1. The van der Waals surface area contributed by atoms with Gasteiger partial charge in [-0.15, -0.1) is 0 Å². The van der Waals surface area contributed by atoms with E-state index in [4.69, 9.17) is 35.3 Å². The Bertz CT molecular complexity index is 1890. The van der Waals surface area contributed by atoms with Crippen LogP contribution in [0.5, 0.6) is 23.0 Å². The first-order valence-electron chi connectivity index (χ1n) is 15.4. The van der Waals surface area contributed by atoms with Crippen molar-refractivity contribution in [3.63, 3.8) is 0 Å². The molecule has 4 aromatic carbocycles. The average molecular weight is 689 g/mol. The number of hydrogen-bond acceptors (Lipinski definition) is 10. The molecule has 1 aliphatic heterocycles. The number of allylic oxidation sites excluding steroid dienone is 1. The van der Waals surface area contributed by atoms with Crippen molar-refractivity contribution >= 4 is 40.6 Å². The summed E-state index contributed by atoms with van der Waals surface area (Å²) < 4.78 is 28.2. The summed E-state index contributed by atoms with van der Waals surface area (Å²) in [6, 6.07) is 21.3. The monoisotopic (exact) mass is 688 g/mol. The molecular weight excluding hydrogens is 652 g/mol. The largest absolute Gasteiger partial charge is 0.493 e. The van der Waals surface area contributed by atoms with Crippen molar-refractivity contribution in [3.8, 4) is 23.0 Å². The summed E-state index contributed by atoms with van der Waals surface area (Å²) in [5.41, 5.74) is 5.46. The predicted molar refractivity (Wildman–Crippen MR) is 185 cm³/mol. The number of carbonyl (C=O) groups is 2. The highest BCUT2D eigenvalue weighted by Crippen LogP contribution is 2.37. The lowest BCUT2D eigenvalue weighted by Gasteiger charge is -2.28. The Morgan fingerprint density at radius 2 is 1.82 bits per heavy atom. The number of nitrogens with zero attached hydrogens (tertiary/aromatic N) is 1. The van der Waals surface area contributed by atoms with E-state index in [0.29, 0.717) is 58.1 Å². The Balaban J connectivity index is 1.21. The second-order valence-corrected chi connectivity index (χ2v) is 11.3. The smallest absolute Gasteiger partial charge is 0.337 e. The molecule has 0 aromatic heterocycles. The number of nitrogens with one attached hydrogen (secondary N) is 3. The SMILES string of the molecule is CCOc1cc([C@@H]2NC(=O)NC(C)=C2C(=O)OC)ccc1OC[C@H](O)N/N=C\c1cc(Cl)c(OCc2cccc3ccccc23)c(OC)c1. The number of halogens is 1. The molecule has 13 heteroatoms. The molecule has 0 radical (unpaired) electrons. The molecule has 2 atom stereocenters. The maximum Gasteiger partial charge on any atom is 0.337 e. The number of aliphatic hydroxyl groups excluding tert-OH is 1. The van der Waals surface area contributed by atoms with Gasteiger partial charge < -0.3 is 39.4 Å². The van der Waals surface area contributed by atoms with Crippen molar-refractivity contribution in [2.24, 2.45) is 5.10 Å². The topological polar surface area (TPSA) is 149 Å². The van der Waals surface area contributed by atoms with Crippen LogP contribution in [0.15, 0.2) is 89.2 Å². The fourth-order valence-corrected chi connectivity index (χ4v) is 5.62. The number of esters is 1. The molecule has 2 amide bonds. The molecule has 1 heterocycles. The van der Waals surface area contributed by atoms with E-state index in [0.717, 1.165) is 16.3 Å². The minimum Gasteiger partial charge on any atom is -0.493 e. The first kappa shape index (κ1) is 34.9. The lowest BCUT2D eigenvalue weighted by molar-refractivity contribution is -0.136. The van der Waals surface area contributed by atoms with Crippen LogP contribution in [-0.2, 0) is 16.1 Å². The second kappa shape index (κ2) is 16.1. The number of amides is 2. The van der Waals surface area contributed by atoms with Gasteiger partial charge in [0.25, 0.3) is 0 Å². The Morgan fingerprint density at radius 1 is 1.02 bits per heavy atom. The molecular formula is C36H37ClN4O8. The Labute approximate surface area is 288 Å². The van der Waals surface area contributed by atoms with Crippen LogP contribution in [0.25, 0.3) is 10.8 Å². The Kier molecular flexibility index (Phi) is 11.4. The lowest BCUT2D eigenvalue weighted by atomic mass is 9.95. The van der Waals surface area contributed by atoms with Crippen LogP contribution in [0.2, 0.25) is 5.02 Å². The van der Waals surface area contributed by atoms with Gasteiger partial charge in [0.15, 0.2) is 29.2 Å². The molecule has 12 nitrogen and oxygen atoms in total. The zero-order valence-electron chi connectivity index (χ0n) is 27.4. The number of methoxy groups -OCH3 is 2. The third-order valence-electron chi connectivity index (χ3n) is 7.61. The molecule has 4 aromatic rings. The van der Waals surface area contributed by atoms with Crippen molar-refractivity contribution in [3.05, 3.63) is 106 Å². The van der Waals surface area contributed by atoms with Gasteiger partial charge in [-0.25, -0.2) is 9.59 Å². The second-order valence-electron chi connectivity index (χ2n) is 10.9. The summed E-state index contributed by atoms with van der Waals surface area (Å²) in [5, 5.41) is 22.5. The molecule has 0 unspecified atom stereocenters. The highest BCUT2D eigenvalue weighted by molar-refractivity contribution is 6.32. The van der Waals surface area contributed by atoms with Gasteiger partial charge in [-0.1, -0.05) is 60.1 Å². The van der Waals surface area contributed by atoms with Crippen molar-refractivity contribution < 1.29 is 38.4 Å². The lowest BCUT2D eigenvalue weighted by Crippen LogP contribution is -2.45. The van der Waals surface area contributed by atoms with Gasteiger partial charge in [0.05, 0.1) is 43.7 Å². The highest BCUT2D eigenvalue weighted by Gasteiger charge is 2.32. The van der Waals surface area contributed by atoms with Crippen LogP contribution in [0.4, 0.5) is 4.79 Å². The number of aliphatic hydroxyl groups is 1. The number of carbonyl (C=O) groups excluding carboxylic acids is 2. The highest BCUT2D eigenvalue weighted by atomic mass is 35.5. The van der Waals surface area contributed by atoms with Crippen LogP contribution in [0.1, 0.15) is 36.6 Å². The van der Waals surface area contributed by atoms with Gasteiger partial charge in [0.2, 0.25) is 0 Å². The summed E-state index contributed by atoms with van der Waals surface area (Å²) >= 11 is 6.59. The molecule has 0 spiro atoms. The molecule has 4 N–H and O–H groups in total. The maximum absolute atomic E-state index is 12.5. The van der Waals surface area contributed by atoms with Crippen molar-refractivity contribution in [2.45, 2.75) is 32.7 Å². The number of benzene rings is 4. The predicted octanol–water partition coefficient (Wildman–Crippen LogP) is 5.60. The number of fused-ring (bicyclic) bond motifs is 1. The van der Waals surface area contributed by atoms with E-state index >= 15 is 0 Å². The number of rotatable bonds is 14. The van der Waals surface area contributed by atoms with Crippen molar-refractivity contribution in [2.75, 3.05) is 27.4 Å². The van der Waals surface area contributed by atoms with E-state index in [-0.39, 0.29) is 12.2 Å². The standard InChI is InChI=1S/C36H37ClN4O8/c1-5-47-29-17-24(33-32(35(43)46-4)21(2)39-36(44)40-33)13-14-28(29)48-20-31(42)41-38-18-22-15-27(37)34(30(16-22)45-3)49-19-25-11-8-10-23-9-6-7-12-26(23)25/h6-18,31,33,41-42H,5,19-20H2,1-4H3,(H2,39,40,44)/b38-18-/t31-,33-/m0/s1. The minimum absolute atomic E-state index is 0.182. The van der Waals surface area contributed by atoms with E-state index in [1.54, 1.807) is 37.3 Å². The zero-order chi connectivity index (χ0) is 34.9. The zero-order valence-corrected chi connectivity index (χ0v) is 28.2. The summed E-state index contributed by atoms with van der Waals surface area (Å²) in [7, 11) is 2.80. The van der Waals surface area contributed by atoms with Gasteiger partial charge in [-0.3, -0.25) is 5.43 Å². The van der Waals surface area contributed by atoms with Crippen LogP contribution in [-0.4, -0.2) is 57.0 Å². The summed E-state index contributed by atoms with van der Waals surface area (Å²) in [5.74, 6) is 0.951. The first-order chi connectivity index (χ1) is 23.7. The normalized spacial score (nSPS) is 15.0. The van der Waals surface area contributed by atoms with Crippen molar-refractivity contribution in [1.29, 1.82) is 0 Å². The van der Waals surface area contributed by atoms with Crippen LogP contribution in [0, 0.1) is 0 Å². The van der Waals surface area contributed by atoms with Gasteiger partial charge in [0, 0.05) is 5.70 Å². The fraction of sp³-hybridized carbons (Fsp3) is 0.250. The molecule has 1 aliphatic rings. The molecule has 256 valence electrons. The van der Waals surface area contributed by atoms with Gasteiger partial charge >= 0.3 is 12.0 Å². The maximum atomic E-state index is 12.5. The van der Waals surface area contributed by atoms with E-state index in [9.17, 15) is 14.7 Å². The number of hydrogen-bond donors (Lipinski definition) is 4.